The Morgan fingerprint density at radius 1 is 1.14 bits per heavy atom. The standard InChI is InChI=1S/C21H33N3O3.HI/c1-4-22-20(23-15-21(25)9-6-5-7-10-21)24-11-8-16-12-18(26-2)19(27-3)13-17(16)14-24;/h12-13,25H,4-11,14-15H2,1-3H3,(H,22,23);1H. The fraction of sp³-hybridized carbons (Fsp3) is 0.667. The molecule has 0 unspecified atom stereocenters. The van der Waals surface area contributed by atoms with Crippen molar-refractivity contribution in [1.82, 2.24) is 10.2 Å². The first-order valence-electron chi connectivity index (χ1n) is 10.1. The molecule has 1 saturated carbocycles. The number of ether oxygens (including phenoxy) is 2. The van der Waals surface area contributed by atoms with Crippen LogP contribution in [0.3, 0.4) is 0 Å². The summed E-state index contributed by atoms with van der Waals surface area (Å²) in [5.41, 5.74) is 1.90. The van der Waals surface area contributed by atoms with E-state index in [4.69, 9.17) is 14.5 Å². The number of aliphatic imine (C=N–C) groups is 1. The highest BCUT2D eigenvalue weighted by molar-refractivity contribution is 14.0. The van der Waals surface area contributed by atoms with Gasteiger partial charge in [0.1, 0.15) is 0 Å². The molecule has 0 atom stereocenters. The largest absolute Gasteiger partial charge is 0.493 e. The fourth-order valence-corrected chi connectivity index (χ4v) is 4.08. The zero-order valence-electron chi connectivity index (χ0n) is 17.3. The molecule has 1 aromatic rings. The molecule has 0 saturated heterocycles. The van der Waals surface area contributed by atoms with Gasteiger partial charge in [0.05, 0.1) is 26.4 Å². The van der Waals surface area contributed by atoms with Crippen molar-refractivity contribution in [2.75, 3.05) is 33.9 Å². The van der Waals surface area contributed by atoms with Crippen molar-refractivity contribution in [3.63, 3.8) is 0 Å². The maximum absolute atomic E-state index is 10.8. The van der Waals surface area contributed by atoms with Gasteiger partial charge in [-0.1, -0.05) is 19.3 Å². The molecule has 1 aromatic carbocycles. The first kappa shape index (κ1) is 23.1. The number of aliphatic hydroxyl groups is 1. The van der Waals surface area contributed by atoms with E-state index in [1.165, 1.54) is 17.5 Å². The second-order valence-electron chi connectivity index (χ2n) is 7.60. The van der Waals surface area contributed by atoms with Crippen LogP contribution in [0.2, 0.25) is 0 Å². The van der Waals surface area contributed by atoms with Crippen LogP contribution in [0.4, 0.5) is 0 Å². The van der Waals surface area contributed by atoms with Gasteiger partial charge in [0.2, 0.25) is 0 Å². The van der Waals surface area contributed by atoms with E-state index < -0.39 is 5.60 Å². The number of hydrogen-bond donors (Lipinski definition) is 2. The smallest absolute Gasteiger partial charge is 0.194 e. The molecule has 28 heavy (non-hydrogen) atoms. The highest BCUT2D eigenvalue weighted by Crippen LogP contribution is 2.33. The van der Waals surface area contributed by atoms with Gasteiger partial charge in [-0.3, -0.25) is 4.99 Å². The van der Waals surface area contributed by atoms with Crippen LogP contribution < -0.4 is 14.8 Å². The number of fused-ring (bicyclic) bond motifs is 1. The van der Waals surface area contributed by atoms with E-state index in [0.717, 1.165) is 69.2 Å². The first-order chi connectivity index (χ1) is 13.1. The van der Waals surface area contributed by atoms with E-state index in [2.05, 4.69) is 29.3 Å². The third-order valence-electron chi connectivity index (χ3n) is 5.66. The lowest BCUT2D eigenvalue weighted by atomic mass is 9.85. The van der Waals surface area contributed by atoms with Gasteiger partial charge < -0.3 is 24.8 Å². The Balaban J connectivity index is 0.00000280. The number of nitrogens with zero attached hydrogens (tertiary/aromatic N) is 2. The molecule has 0 aromatic heterocycles. The summed E-state index contributed by atoms with van der Waals surface area (Å²) in [6.45, 7) is 5.04. The van der Waals surface area contributed by atoms with E-state index in [0.29, 0.717) is 6.54 Å². The van der Waals surface area contributed by atoms with E-state index in [-0.39, 0.29) is 24.0 Å². The second-order valence-corrected chi connectivity index (χ2v) is 7.60. The summed E-state index contributed by atoms with van der Waals surface area (Å²) >= 11 is 0. The molecule has 0 spiro atoms. The lowest BCUT2D eigenvalue weighted by Crippen LogP contribution is -2.45. The van der Waals surface area contributed by atoms with Crippen LogP contribution in [-0.4, -0.2) is 55.4 Å². The molecular weight excluding hydrogens is 469 g/mol. The molecule has 0 amide bonds. The van der Waals surface area contributed by atoms with Crippen molar-refractivity contribution in [3.8, 4) is 11.5 Å². The molecule has 1 aliphatic heterocycles. The van der Waals surface area contributed by atoms with Crippen molar-refractivity contribution in [3.05, 3.63) is 23.3 Å². The fourth-order valence-electron chi connectivity index (χ4n) is 4.08. The Morgan fingerprint density at radius 3 is 2.39 bits per heavy atom. The minimum absolute atomic E-state index is 0. The van der Waals surface area contributed by atoms with Gasteiger partial charge in [-0.05, 0) is 49.4 Å². The van der Waals surface area contributed by atoms with Gasteiger partial charge in [-0.15, -0.1) is 24.0 Å². The van der Waals surface area contributed by atoms with Crippen molar-refractivity contribution in [2.24, 2.45) is 4.99 Å². The number of halogens is 1. The molecule has 3 rings (SSSR count). The topological polar surface area (TPSA) is 66.3 Å². The molecule has 1 aliphatic carbocycles. The summed E-state index contributed by atoms with van der Waals surface area (Å²) in [5, 5.41) is 14.2. The van der Waals surface area contributed by atoms with Gasteiger partial charge >= 0.3 is 0 Å². The van der Waals surface area contributed by atoms with Crippen molar-refractivity contribution < 1.29 is 14.6 Å². The molecule has 0 radical (unpaired) electrons. The lowest BCUT2D eigenvalue weighted by molar-refractivity contribution is 0.0129. The Kier molecular flexibility index (Phi) is 8.67. The molecule has 0 bridgehead atoms. The highest BCUT2D eigenvalue weighted by atomic mass is 127. The van der Waals surface area contributed by atoms with Crippen LogP contribution in [0.15, 0.2) is 17.1 Å². The zero-order valence-corrected chi connectivity index (χ0v) is 19.6. The third kappa shape index (κ3) is 5.43. The summed E-state index contributed by atoms with van der Waals surface area (Å²) in [7, 11) is 3.34. The summed E-state index contributed by atoms with van der Waals surface area (Å²) in [4.78, 5) is 7.08. The van der Waals surface area contributed by atoms with Gasteiger partial charge in [0, 0.05) is 19.6 Å². The summed E-state index contributed by atoms with van der Waals surface area (Å²) in [5.74, 6) is 2.43. The van der Waals surface area contributed by atoms with Crippen LogP contribution in [0, 0.1) is 0 Å². The highest BCUT2D eigenvalue weighted by Gasteiger charge is 2.29. The van der Waals surface area contributed by atoms with E-state index >= 15 is 0 Å². The molecule has 1 fully saturated rings. The van der Waals surface area contributed by atoms with E-state index in [1.807, 2.05) is 0 Å². The number of benzene rings is 1. The van der Waals surface area contributed by atoms with Crippen molar-refractivity contribution in [2.45, 2.75) is 57.6 Å². The molecule has 7 heteroatoms. The third-order valence-corrected chi connectivity index (χ3v) is 5.66. The van der Waals surface area contributed by atoms with Crippen LogP contribution >= 0.6 is 24.0 Å². The monoisotopic (exact) mass is 503 g/mol. The minimum Gasteiger partial charge on any atom is -0.493 e. The zero-order chi connectivity index (χ0) is 19.3. The number of methoxy groups -OCH3 is 2. The van der Waals surface area contributed by atoms with Crippen LogP contribution in [0.25, 0.3) is 0 Å². The summed E-state index contributed by atoms with van der Waals surface area (Å²) < 4.78 is 10.9. The Hall–Kier alpha value is -1.22. The Bertz CT molecular complexity index is 675. The Labute approximate surface area is 185 Å². The predicted molar refractivity (Wildman–Crippen MR) is 123 cm³/mol. The lowest BCUT2D eigenvalue weighted by Gasteiger charge is -2.34. The van der Waals surface area contributed by atoms with Crippen LogP contribution in [0.1, 0.15) is 50.2 Å². The number of hydrogen-bond acceptors (Lipinski definition) is 4. The average Bonchev–Trinajstić information content (AvgIpc) is 2.70. The Morgan fingerprint density at radius 2 is 1.79 bits per heavy atom. The number of guanidine groups is 1. The maximum atomic E-state index is 10.8. The van der Waals surface area contributed by atoms with Crippen molar-refractivity contribution in [1.29, 1.82) is 0 Å². The van der Waals surface area contributed by atoms with Gasteiger partial charge in [0.25, 0.3) is 0 Å². The van der Waals surface area contributed by atoms with Gasteiger partial charge in [0.15, 0.2) is 17.5 Å². The molecule has 6 nitrogen and oxygen atoms in total. The number of rotatable bonds is 5. The molecule has 2 aliphatic rings. The van der Waals surface area contributed by atoms with Crippen LogP contribution in [-0.2, 0) is 13.0 Å². The second kappa shape index (κ2) is 10.5. The minimum atomic E-state index is -0.636. The van der Waals surface area contributed by atoms with E-state index in [1.54, 1.807) is 14.2 Å². The predicted octanol–water partition coefficient (Wildman–Crippen LogP) is 3.34. The SMILES string of the molecule is CCNC(=NCC1(O)CCCCC1)N1CCc2cc(OC)c(OC)cc2C1.I. The normalized spacial score (nSPS) is 18.7. The summed E-state index contributed by atoms with van der Waals surface area (Å²) in [6, 6.07) is 4.15. The molecule has 158 valence electrons. The van der Waals surface area contributed by atoms with Crippen molar-refractivity contribution >= 4 is 29.9 Å². The first-order valence-corrected chi connectivity index (χ1v) is 10.1. The summed E-state index contributed by atoms with van der Waals surface area (Å²) in [6.07, 6.45) is 6.07. The van der Waals surface area contributed by atoms with E-state index in [9.17, 15) is 5.11 Å². The van der Waals surface area contributed by atoms with Gasteiger partial charge in [-0.25, -0.2) is 0 Å². The maximum Gasteiger partial charge on any atom is 0.194 e. The van der Waals surface area contributed by atoms with Gasteiger partial charge in [-0.2, -0.15) is 0 Å². The number of nitrogens with one attached hydrogen (secondary N) is 1. The van der Waals surface area contributed by atoms with Crippen LogP contribution in [0.5, 0.6) is 11.5 Å². The molecular formula is C21H34IN3O3. The molecule has 2 N–H and O–H groups in total. The quantitative estimate of drug-likeness (QED) is 0.367. The molecule has 1 heterocycles. The average molecular weight is 503 g/mol.